The molecule has 1 amide bonds. The van der Waals surface area contributed by atoms with E-state index in [1.807, 2.05) is 0 Å². The summed E-state index contributed by atoms with van der Waals surface area (Å²) in [5.41, 5.74) is 0. The second-order valence-electron chi connectivity index (χ2n) is 6.52. The number of hydrogen-bond donors (Lipinski definition) is 1. The molecule has 5 rings (SSSR count). The fraction of sp³-hybridized carbons (Fsp3) is 0.929. The van der Waals surface area contributed by atoms with Gasteiger partial charge in [0.2, 0.25) is 5.91 Å². The summed E-state index contributed by atoms with van der Waals surface area (Å²) in [4.78, 5) is 17.2. The Morgan fingerprint density at radius 3 is 2.39 bits per heavy atom. The Bertz CT molecular complexity index is 347. The van der Waals surface area contributed by atoms with Gasteiger partial charge >= 0.3 is 0 Å². The fourth-order valence-corrected chi connectivity index (χ4v) is 4.01. The van der Waals surface area contributed by atoms with Crippen LogP contribution in [0.1, 0.15) is 32.1 Å². The minimum atomic E-state index is 0.132. The van der Waals surface area contributed by atoms with Crippen molar-refractivity contribution in [3.63, 3.8) is 0 Å². The van der Waals surface area contributed by atoms with E-state index < -0.39 is 0 Å². The lowest BCUT2D eigenvalue weighted by molar-refractivity contribution is -0.135. The molecule has 2 bridgehead atoms. The maximum absolute atomic E-state index is 12.5. The summed E-state index contributed by atoms with van der Waals surface area (Å²) in [6, 6.07) is 1.30. The largest absolute Gasteiger partial charge is 0.337 e. The number of piperidine rings is 3. The number of nitrogens with zero attached hydrogens (tertiary/aromatic N) is 2. The van der Waals surface area contributed by atoms with E-state index in [1.165, 1.54) is 38.8 Å². The third kappa shape index (κ3) is 1.86. The van der Waals surface area contributed by atoms with E-state index in [0.717, 1.165) is 25.4 Å². The molecule has 18 heavy (non-hydrogen) atoms. The highest BCUT2D eigenvalue weighted by Crippen LogP contribution is 2.33. The Labute approximate surface area is 109 Å². The van der Waals surface area contributed by atoms with Crippen LogP contribution in [0.3, 0.4) is 0 Å². The predicted octanol–water partition coefficient (Wildman–Crippen LogP) is 0.433. The van der Waals surface area contributed by atoms with Crippen LogP contribution in [-0.4, -0.2) is 60.0 Å². The molecule has 1 saturated carbocycles. The highest BCUT2D eigenvalue weighted by atomic mass is 16.2. The minimum absolute atomic E-state index is 0.132. The van der Waals surface area contributed by atoms with Gasteiger partial charge in [-0.3, -0.25) is 4.79 Å². The predicted molar refractivity (Wildman–Crippen MR) is 69.2 cm³/mol. The number of nitrogens with one attached hydrogen (secondary N) is 1. The molecule has 2 atom stereocenters. The molecule has 0 radical (unpaired) electrons. The summed E-state index contributed by atoms with van der Waals surface area (Å²) in [6.07, 6.45) is 6.16. The Hall–Kier alpha value is -0.610. The fourth-order valence-electron chi connectivity index (χ4n) is 4.01. The molecule has 5 aliphatic rings. The van der Waals surface area contributed by atoms with Crippen LogP contribution in [0, 0.1) is 5.92 Å². The Morgan fingerprint density at radius 1 is 1.00 bits per heavy atom. The molecule has 0 aromatic heterocycles. The van der Waals surface area contributed by atoms with Gasteiger partial charge < -0.3 is 15.1 Å². The Morgan fingerprint density at radius 2 is 1.78 bits per heavy atom. The summed E-state index contributed by atoms with van der Waals surface area (Å²) in [5.74, 6) is 1.17. The summed E-state index contributed by atoms with van der Waals surface area (Å²) >= 11 is 0. The van der Waals surface area contributed by atoms with Crippen LogP contribution in [-0.2, 0) is 4.79 Å². The zero-order chi connectivity index (χ0) is 12.1. The van der Waals surface area contributed by atoms with Crippen LogP contribution in [0.25, 0.3) is 0 Å². The van der Waals surface area contributed by atoms with Gasteiger partial charge in [-0.15, -0.1) is 0 Å². The van der Waals surface area contributed by atoms with Gasteiger partial charge in [0, 0.05) is 25.2 Å². The quantitative estimate of drug-likeness (QED) is 0.788. The van der Waals surface area contributed by atoms with E-state index in [0.29, 0.717) is 18.0 Å². The SMILES string of the molecule is O=C1C(NC2CC2)CCN1C1CN2CCC1CC2. The first-order chi connectivity index (χ1) is 8.81. The molecule has 100 valence electrons. The molecular formula is C14H23N3O. The van der Waals surface area contributed by atoms with E-state index in [1.54, 1.807) is 0 Å². The van der Waals surface area contributed by atoms with Crippen molar-refractivity contribution in [2.24, 2.45) is 5.92 Å². The maximum atomic E-state index is 12.5. The molecule has 1 aliphatic carbocycles. The van der Waals surface area contributed by atoms with Crippen molar-refractivity contribution >= 4 is 5.91 Å². The average molecular weight is 249 g/mol. The second-order valence-corrected chi connectivity index (χ2v) is 6.52. The van der Waals surface area contributed by atoms with E-state index in [4.69, 9.17) is 0 Å². The van der Waals surface area contributed by atoms with Crippen molar-refractivity contribution in [3.05, 3.63) is 0 Å². The van der Waals surface area contributed by atoms with Gasteiger partial charge in [0.25, 0.3) is 0 Å². The monoisotopic (exact) mass is 249 g/mol. The second kappa shape index (κ2) is 4.20. The van der Waals surface area contributed by atoms with Crippen molar-refractivity contribution in [2.75, 3.05) is 26.2 Å². The van der Waals surface area contributed by atoms with E-state index >= 15 is 0 Å². The van der Waals surface area contributed by atoms with E-state index in [-0.39, 0.29) is 6.04 Å². The molecule has 4 heteroatoms. The lowest BCUT2D eigenvalue weighted by Gasteiger charge is -2.48. The van der Waals surface area contributed by atoms with Gasteiger partial charge in [0.15, 0.2) is 0 Å². The first-order valence-electron chi connectivity index (χ1n) is 7.60. The lowest BCUT2D eigenvalue weighted by Crippen LogP contribution is -2.58. The standard InChI is InChI=1S/C14H23N3O/c18-14-12(15-11-1-2-11)5-8-17(14)13-9-16-6-3-10(13)4-7-16/h10-13,15H,1-9H2. The molecular weight excluding hydrogens is 226 g/mol. The molecule has 4 heterocycles. The number of hydrogen-bond acceptors (Lipinski definition) is 3. The smallest absolute Gasteiger partial charge is 0.240 e. The summed E-state index contributed by atoms with van der Waals surface area (Å²) in [7, 11) is 0. The molecule has 5 fully saturated rings. The first-order valence-corrected chi connectivity index (χ1v) is 7.60. The van der Waals surface area contributed by atoms with Crippen LogP contribution in [0.2, 0.25) is 0 Å². The van der Waals surface area contributed by atoms with Gasteiger partial charge in [-0.1, -0.05) is 0 Å². The number of carbonyl (C=O) groups is 1. The van der Waals surface area contributed by atoms with Crippen LogP contribution in [0.15, 0.2) is 0 Å². The number of likely N-dealkylation sites (tertiary alicyclic amines) is 1. The number of fused-ring (bicyclic) bond motifs is 3. The average Bonchev–Trinajstić information content (AvgIpc) is 3.16. The molecule has 0 aromatic rings. The van der Waals surface area contributed by atoms with Gasteiger partial charge in [0.1, 0.15) is 0 Å². The Kier molecular flexibility index (Phi) is 2.62. The van der Waals surface area contributed by atoms with Gasteiger partial charge in [-0.05, 0) is 51.1 Å². The van der Waals surface area contributed by atoms with Crippen molar-refractivity contribution < 1.29 is 4.79 Å². The Balaban J connectivity index is 1.43. The number of rotatable bonds is 3. The number of amides is 1. The van der Waals surface area contributed by atoms with Crippen LogP contribution >= 0.6 is 0 Å². The molecule has 4 nitrogen and oxygen atoms in total. The lowest BCUT2D eigenvalue weighted by atomic mass is 9.83. The third-order valence-electron chi connectivity index (χ3n) is 5.28. The van der Waals surface area contributed by atoms with Gasteiger partial charge in [-0.2, -0.15) is 0 Å². The first kappa shape index (κ1) is 11.2. The van der Waals surface area contributed by atoms with Crippen molar-refractivity contribution in [3.8, 4) is 0 Å². The molecule has 0 aromatic carbocycles. The zero-order valence-electron chi connectivity index (χ0n) is 11.0. The molecule has 0 spiro atoms. The molecule has 1 N–H and O–H groups in total. The number of carbonyl (C=O) groups excluding carboxylic acids is 1. The van der Waals surface area contributed by atoms with Crippen molar-refractivity contribution in [1.82, 2.24) is 15.1 Å². The normalized spacial score (nSPS) is 43.8. The summed E-state index contributed by atoms with van der Waals surface area (Å²) in [5, 5.41) is 3.51. The topological polar surface area (TPSA) is 35.6 Å². The maximum Gasteiger partial charge on any atom is 0.240 e. The van der Waals surface area contributed by atoms with Gasteiger partial charge in [-0.25, -0.2) is 0 Å². The third-order valence-corrected chi connectivity index (χ3v) is 5.28. The van der Waals surface area contributed by atoms with Crippen molar-refractivity contribution in [1.29, 1.82) is 0 Å². The highest BCUT2D eigenvalue weighted by molar-refractivity contribution is 5.84. The molecule has 4 saturated heterocycles. The van der Waals surface area contributed by atoms with Crippen LogP contribution in [0.5, 0.6) is 0 Å². The summed E-state index contributed by atoms with van der Waals surface area (Å²) in [6.45, 7) is 4.63. The molecule has 2 unspecified atom stereocenters. The highest BCUT2D eigenvalue weighted by Gasteiger charge is 2.44. The van der Waals surface area contributed by atoms with Crippen LogP contribution in [0.4, 0.5) is 0 Å². The minimum Gasteiger partial charge on any atom is -0.337 e. The van der Waals surface area contributed by atoms with Crippen molar-refractivity contribution in [2.45, 2.75) is 50.2 Å². The van der Waals surface area contributed by atoms with Gasteiger partial charge in [0.05, 0.1) is 6.04 Å². The zero-order valence-corrected chi connectivity index (χ0v) is 11.0. The van der Waals surface area contributed by atoms with Crippen LogP contribution < -0.4 is 5.32 Å². The van der Waals surface area contributed by atoms with E-state index in [9.17, 15) is 4.79 Å². The summed E-state index contributed by atoms with van der Waals surface area (Å²) < 4.78 is 0. The molecule has 4 aliphatic heterocycles. The van der Waals surface area contributed by atoms with E-state index in [2.05, 4.69) is 15.1 Å².